The first-order chi connectivity index (χ1) is 12.7. The highest BCUT2D eigenvalue weighted by molar-refractivity contribution is 5.88. The number of carbonyl (C=O) groups excluding carboxylic acids is 1. The molecule has 0 spiro atoms. The first-order valence-corrected chi connectivity index (χ1v) is 9.70. The Morgan fingerprint density at radius 3 is 3.00 bits per heavy atom. The Morgan fingerprint density at radius 2 is 2.27 bits per heavy atom. The number of esters is 1. The fraction of sp³-hybridized carbons (Fsp3) is 0.524. The van der Waals surface area contributed by atoms with E-state index in [9.17, 15) is 4.79 Å². The summed E-state index contributed by atoms with van der Waals surface area (Å²) >= 11 is 0. The van der Waals surface area contributed by atoms with Crippen molar-refractivity contribution >= 4 is 23.1 Å². The zero-order chi connectivity index (χ0) is 18.4. The summed E-state index contributed by atoms with van der Waals surface area (Å²) in [6.07, 6.45) is 10.4. The van der Waals surface area contributed by atoms with Crippen LogP contribution in [0.1, 0.15) is 56.5 Å². The number of aromatic nitrogens is 2. The van der Waals surface area contributed by atoms with Crippen LogP contribution in [0.3, 0.4) is 0 Å². The van der Waals surface area contributed by atoms with E-state index in [1.54, 1.807) is 6.08 Å². The molecule has 1 aromatic carbocycles. The average molecular weight is 355 g/mol. The van der Waals surface area contributed by atoms with Crippen molar-refractivity contribution in [3.05, 3.63) is 35.7 Å². The van der Waals surface area contributed by atoms with E-state index >= 15 is 0 Å². The Labute approximate surface area is 155 Å². The molecule has 0 amide bonds. The Bertz CT molecular complexity index is 773. The number of unbranched alkanes of at least 4 members (excludes halogenated alkanes) is 3. The van der Waals surface area contributed by atoms with E-state index in [4.69, 9.17) is 4.98 Å². The van der Waals surface area contributed by atoms with Gasteiger partial charge in [0.25, 0.3) is 0 Å². The molecule has 1 atom stereocenters. The summed E-state index contributed by atoms with van der Waals surface area (Å²) in [6, 6.07) is 6.72. The van der Waals surface area contributed by atoms with Crippen molar-refractivity contribution in [1.29, 1.82) is 0 Å². The summed E-state index contributed by atoms with van der Waals surface area (Å²) in [5, 5.41) is 3.47. The van der Waals surface area contributed by atoms with E-state index in [1.165, 1.54) is 50.2 Å². The lowest BCUT2D eigenvalue weighted by atomic mass is 10.1. The monoisotopic (exact) mass is 355 g/mol. The minimum atomic E-state index is -0.343. The number of methoxy groups -OCH3 is 1. The maximum atomic E-state index is 11.3. The van der Waals surface area contributed by atoms with Crippen LogP contribution in [-0.4, -0.2) is 35.7 Å². The Kier molecular flexibility index (Phi) is 6.45. The van der Waals surface area contributed by atoms with Gasteiger partial charge in [0.05, 0.1) is 18.1 Å². The largest absolute Gasteiger partial charge is 0.466 e. The Hall–Kier alpha value is -2.14. The summed E-state index contributed by atoms with van der Waals surface area (Å²) in [7, 11) is 1.39. The minimum absolute atomic E-state index is 0.343. The lowest BCUT2D eigenvalue weighted by Crippen LogP contribution is -2.15. The van der Waals surface area contributed by atoms with Crippen molar-refractivity contribution in [2.75, 3.05) is 20.2 Å². The number of ether oxygens (including phenoxy) is 1. The maximum Gasteiger partial charge on any atom is 0.330 e. The lowest BCUT2D eigenvalue weighted by Gasteiger charge is -2.16. The van der Waals surface area contributed by atoms with Crippen LogP contribution >= 0.6 is 0 Å². The molecule has 2 aromatic rings. The van der Waals surface area contributed by atoms with E-state index in [1.807, 2.05) is 6.07 Å². The number of nitrogens with one attached hydrogen (secondary N) is 1. The predicted octanol–water partition coefficient (Wildman–Crippen LogP) is 3.88. The molecule has 2 heterocycles. The third-order valence-corrected chi connectivity index (χ3v) is 5.05. The van der Waals surface area contributed by atoms with Crippen molar-refractivity contribution in [2.24, 2.45) is 0 Å². The molecule has 1 aromatic heterocycles. The molecule has 5 nitrogen and oxygen atoms in total. The first kappa shape index (κ1) is 18.6. The number of rotatable bonds is 8. The first-order valence-electron chi connectivity index (χ1n) is 9.70. The number of nitrogens with zero attached hydrogens (tertiary/aromatic N) is 2. The van der Waals surface area contributed by atoms with E-state index in [0.29, 0.717) is 6.04 Å². The molecule has 1 aliphatic rings. The smallest absolute Gasteiger partial charge is 0.330 e. The minimum Gasteiger partial charge on any atom is -0.466 e. The van der Waals surface area contributed by atoms with Gasteiger partial charge in [-0.1, -0.05) is 32.3 Å². The molecule has 140 valence electrons. The summed E-state index contributed by atoms with van der Waals surface area (Å²) in [5.41, 5.74) is 3.17. The van der Waals surface area contributed by atoms with Gasteiger partial charge in [0, 0.05) is 25.1 Å². The van der Waals surface area contributed by atoms with E-state index in [-0.39, 0.29) is 5.97 Å². The SMILES string of the molecule is CCCCCCc1nc2cc(/C=C/C(=O)OC)ccc2n1C1CCNC1. The molecular weight excluding hydrogens is 326 g/mol. The molecule has 0 radical (unpaired) electrons. The van der Waals surface area contributed by atoms with E-state index < -0.39 is 0 Å². The van der Waals surface area contributed by atoms with Gasteiger partial charge in [-0.3, -0.25) is 0 Å². The van der Waals surface area contributed by atoms with Gasteiger partial charge < -0.3 is 14.6 Å². The zero-order valence-electron chi connectivity index (χ0n) is 15.8. The number of hydrogen-bond donors (Lipinski definition) is 1. The summed E-state index contributed by atoms with van der Waals surface area (Å²) in [6.45, 7) is 4.32. The van der Waals surface area contributed by atoms with Crippen LogP contribution in [0, 0.1) is 0 Å². The van der Waals surface area contributed by atoms with Gasteiger partial charge in [0.1, 0.15) is 5.82 Å². The summed E-state index contributed by atoms with van der Waals surface area (Å²) in [4.78, 5) is 16.3. The average Bonchev–Trinajstić information content (AvgIpc) is 3.29. The number of benzene rings is 1. The van der Waals surface area contributed by atoms with Crippen LogP contribution in [0.2, 0.25) is 0 Å². The van der Waals surface area contributed by atoms with Crippen LogP contribution in [-0.2, 0) is 16.0 Å². The second kappa shape index (κ2) is 8.99. The highest BCUT2D eigenvalue weighted by atomic mass is 16.5. The van der Waals surface area contributed by atoms with Crippen molar-refractivity contribution in [3.63, 3.8) is 0 Å². The number of fused-ring (bicyclic) bond motifs is 1. The highest BCUT2D eigenvalue weighted by Gasteiger charge is 2.22. The van der Waals surface area contributed by atoms with Gasteiger partial charge in [-0.15, -0.1) is 0 Å². The molecule has 1 aliphatic heterocycles. The summed E-state index contributed by atoms with van der Waals surface area (Å²) < 4.78 is 7.10. The van der Waals surface area contributed by atoms with Gasteiger partial charge in [0.15, 0.2) is 0 Å². The van der Waals surface area contributed by atoms with Crippen molar-refractivity contribution in [3.8, 4) is 0 Å². The lowest BCUT2D eigenvalue weighted by molar-refractivity contribution is -0.134. The highest BCUT2D eigenvalue weighted by Crippen LogP contribution is 2.27. The van der Waals surface area contributed by atoms with Gasteiger partial charge in [-0.05, 0) is 43.2 Å². The van der Waals surface area contributed by atoms with Gasteiger partial charge in [0.2, 0.25) is 0 Å². The van der Waals surface area contributed by atoms with Crippen LogP contribution in [0.5, 0.6) is 0 Å². The molecule has 1 saturated heterocycles. The van der Waals surface area contributed by atoms with E-state index in [0.717, 1.165) is 37.0 Å². The maximum absolute atomic E-state index is 11.3. The molecule has 1 N–H and O–H groups in total. The third kappa shape index (κ3) is 4.33. The number of aryl methyl sites for hydroxylation is 1. The number of imidazole rings is 1. The second-order valence-corrected chi connectivity index (χ2v) is 6.96. The fourth-order valence-corrected chi connectivity index (χ4v) is 3.66. The molecule has 0 bridgehead atoms. The normalized spacial score (nSPS) is 17.4. The molecule has 0 saturated carbocycles. The second-order valence-electron chi connectivity index (χ2n) is 6.96. The van der Waals surface area contributed by atoms with Gasteiger partial charge >= 0.3 is 5.97 Å². The molecule has 1 fully saturated rings. The quantitative estimate of drug-likeness (QED) is 0.443. The molecule has 26 heavy (non-hydrogen) atoms. The van der Waals surface area contributed by atoms with Gasteiger partial charge in [-0.25, -0.2) is 9.78 Å². The zero-order valence-corrected chi connectivity index (χ0v) is 15.8. The standard InChI is InChI=1S/C21H29N3O2/c1-3-4-5-6-7-20-23-18-14-16(9-11-21(25)26-2)8-10-19(18)24(20)17-12-13-22-15-17/h8-11,14,17,22H,3-7,12-13,15H2,1-2H3/b11-9+. The fourth-order valence-electron chi connectivity index (χ4n) is 3.66. The topological polar surface area (TPSA) is 56.1 Å². The third-order valence-electron chi connectivity index (χ3n) is 5.05. The van der Waals surface area contributed by atoms with Crippen molar-refractivity contribution < 1.29 is 9.53 Å². The predicted molar refractivity (Wildman–Crippen MR) is 105 cm³/mol. The van der Waals surface area contributed by atoms with Gasteiger partial charge in [-0.2, -0.15) is 0 Å². The summed E-state index contributed by atoms with van der Waals surface area (Å²) in [5.74, 6) is 0.850. The van der Waals surface area contributed by atoms with Crippen LogP contribution < -0.4 is 5.32 Å². The Balaban J connectivity index is 1.89. The van der Waals surface area contributed by atoms with Crippen LogP contribution in [0.4, 0.5) is 0 Å². The molecule has 0 aliphatic carbocycles. The molecular formula is C21H29N3O2. The molecule has 5 heteroatoms. The number of carbonyl (C=O) groups is 1. The number of hydrogen-bond acceptors (Lipinski definition) is 4. The Morgan fingerprint density at radius 1 is 1.38 bits per heavy atom. The van der Waals surface area contributed by atoms with E-state index in [2.05, 4.69) is 33.7 Å². The molecule has 1 unspecified atom stereocenters. The van der Waals surface area contributed by atoms with Crippen molar-refractivity contribution in [2.45, 2.75) is 51.5 Å². The van der Waals surface area contributed by atoms with Crippen LogP contribution in [0.25, 0.3) is 17.1 Å². The van der Waals surface area contributed by atoms with Crippen molar-refractivity contribution in [1.82, 2.24) is 14.9 Å². The van der Waals surface area contributed by atoms with Crippen LogP contribution in [0.15, 0.2) is 24.3 Å². The molecule has 3 rings (SSSR count).